The minimum Gasteiger partial charge on any atom is -0.390 e. The van der Waals surface area contributed by atoms with E-state index in [1.807, 2.05) is 25.7 Å². The smallest absolute Gasteiger partial charge is 0.229 e. The molecule has 3 N–H and O–H groups in total. The maximum Gasteiger partial charge on any atom is 0.229 e. The summed E-state index contributed by atoms with van der Waals surface area (Å²) in [5.74, 6) is 1.51. The van der Waals surface area contributed by atoms with E-state index in [9.17, 15) is 15.0 Å². The molecule has 1 aliphatic carbocycles. The SMILES string of the molecule is CC(C)c1noc(C2CCN(C(=O)[C@H]3[C@@H](C)[C@H](O)[C@@H](O)[C@H]4CNC[C@@H]43)CC2)n1. The molecule has 1 amide bonds. The van der Waals surface area contributed by atoms with Crippen LogP contribution in [0.4, 0.5) is 0 Å². The van der Waals surface area contributed by atoms with E-state index in [0.29, 0.717) is 25.5 Å². The number of likely N-dealkylation sites (tertiary alicyclic amines) is 1. The number of hydrogen-bond acceptors (Lipinski definition) is 7. The van der Waals surface area contributed by atoms with Gasteiger partial charge in [0.1, 0.15) is 0 Å². The molecule has 0 unspecified atom stereocenters. The summed E-state index contributed by atoms with van der Waals surface area (Å²) in [5.41, 5.74) is 0. The lowest BCUT2D eigenvalue weighted by molar-refractivity contribution is -0.156. The zero-order chi connectivity index (χ0) is 20.0. The molecule has 156 valence electrons. The molecule has 0 radical (unpaired) electrons. The summed E-state index contributed by atoms with van der Waals surface area (Å²) in [5, 5.41) is 28.2. The molecule has 0 bridgehead atoms. The van der Waals surface area contributed by atoms with Crippen LogP contribution in [-0.4, -0.2) is 69.5 Å². The molecule has 1 aromatic rings. The van der Waals surface area contributed by atoms with E-state index in [4.69, 9.17) is 4.52 Å². The van der Waals surface area contributed by atoms with Crippen molar-refractivity contribution in [2.45, 2.75) is 57.7 Å². The van der Waals surface area contributed by atoms with Gasteiger partial charge in [0, 0.05) is 43.3 Å². The Hall–Kier alpha value is -1.51. The number of aliphatic hydroxyl groups is 2. The first-order valence-electron chi connectivity index (χ1n) is 10.6. The quantitative estimate of drug-likeness (QED) is 0.695. The van der Waals surface area contributed by atoms with Gasteiger partial charge in [0.25, 0.3) is 0 Å². The number of fused-ring (bicyclic) bond motifs is 1. The molecule has 1 aromatic heterocycles. The number of aromatic nitrogens is 2. The van der Waals surface area contributed by atoms with Crippen molar-refractivity contribution in [2.75, 3.05) is 26.2 Å². The van der Waals surface area contributed by atoms with Gasteiger partial charge in [-0.15, -0.1) is 0 Å². The number of carbonyl (C=O) groups is 1. The molecular weight excluding hydrogens is 360 g/mol. The maximum absolute atomic E-state index is 13.3. The lowest BCUT2D eigenvalue weighted by Crippen LogP contribution is -2.56. The third-order valence-corrected chi connectivity index (χ3v) is 7.08. The van der Waals surface area contributed by atoms with Gasteiger partial charge in [-0.2, -0.15) is 4.98 Å². The maximum atomic E-state index is 13.3. The van der Waals surface area contributed by atoms with Crippen LogP contribution in [0.3, 0.4) is 0 Å². The van der Waals surface area contributed by atoms with Crippen molar-refractivity contribution in [3.05, 3.63) is 11.7 Å². The topological polar surface area (TPSA) is 112 Å². The number of nitrogens with one attached hydrogen (secondary N) is 1. The van der Waals surface area contributed by atoms with E-state index in [2.05, 4.69) is 15.5 Å². The van der Waals surface area contributed by atoms with E-state index in [1.54, 1.807) is 0 Å². The Balaban J connectivity index is 1.42. The van der Waals surface area contributed by atoms with Crippen LogP contribution in [0.15, 0.2) is 4.52 Å². The zero-order valence-corrected chi connectivity index (χ0v) is 16.9. The van der Waals surface area contributed by atoms with Crippen LogP contribution in [0.25, 0.3) is 0 Å². The van der Waals surface area contributed by atoms with Crippen molar-refractivity contribution in [3.63, 3.8) is 0 Å². The number of carbonyl (C=O) groups excluding carboxylic acids is 1. The Labute approximate surface area is 165 Å². The van der Waals surface area contributed by atoms with E-state index >= 15 is 0 Å². The van der Waals surface area contributed by atoms with Gasteiger partial charge in [0.2, 0.25) is 11.8 Å². The highest BCUT2D eigenvalue weighted by molar-refractivity contribution is 5.80. The van der Waals surface area contributed by atoms with Crippen molar-refractivity contribution in [2.24, 2.45) is 23.7 Å². The molecule has 0 aromatic carbocycles. The van der Waals surface area contributed by atoms with E-state index in [1.165, 1.54) is 0 Å². The summed E-state index contributed by atoms with van der Waals surface area (Å²) in [6.07, 6.45) is 0.0201. The molecule has 4 rings (SSSR count). The van der Waals surface area contributed by atoms with E-state index in [-0.39, 0.29) is 41.4 Å². The summed E-state index contributed by atoms with van der Waals surface area (Å²) in [4.78, 5) is 19.8. The van der Waals surface area contributed by atoms with Crippen molar-refractivity contribution in [1.82, 2.24) is 20.4 Å². The summed E-state index contributed by atoms with van der Waals surface area (Å²) < 4.78 is 5.44. The molecule has 3 fully saturated rings. The molecule has 28 heavy (non-hydrogen) atoms. The largest absolute Gasteiger partial charge is 0.390 e. The number of nitrogens with zero attached hydrogens (tertiary/aromatic N) is 3. The van der Waals surface area contributed by atoms with Crippen LogP contribution in [0.2, 0.25) is 0 Å². The monoisotopic (exact) mass is 392 g/mol. The Kier molecular flexibility index (Phi) is 5.46. The average Bonchev–Trinajstić information content (AvgIpc) is 3.36. The van der Waals surface area contributed by atoms with Gasteiger partial charge >= 0.3 is 0 Å². The highest BCUT2D eigenvalue weighted by atomic mass is 16.5. The van der Waals surface area contributed by atoms with Crippen LogP contribution in [0.1, 0.15) is 57.2 Å². The van der Waals surface area contributed by atoms with Gasteiger partial charge in [-0.05, 0) is 31.2 Å². The molecule has 3 heterocycles. The lowest BCUT2D eigenvalue weighted by atomic mass is 9.65. The molecule has 6 atom stereocenters. The molecule has 2 aliphatic heterocycles. The summed E-state index contributed by atoms with van der Waals surface area (Å²) in [6, 6.07) is 0. The van der Waals surface area contributed by atoms with Gasteiger partial charge < -0.3 is 25.0 Å². The predicted molar refractivity (Wildman–Crippen MR) is 101 cm³/mol. The van der Waals surface area contributed by atoms with Gasteiger partial charge in [-0.3, -0.25) is 4.79 Å². The summed E-state index contributed by atoms with van der Waals surface area (Å²) >= 11 is 0. The average molecular weight is 393 g/mol. The third kappa shape index (κ3) is 3.35. The second-order valence-corrected chi connectivity index (χ2v) is 9.10. The second-order valence-electron chi connectivity index (χ2n) is 9.10. The predicted octanol–water partition coefficient (Wildman–Crippen LogP) is 0.722. The highest BCUT2D eigenvalue weighted by Gasteiger charge is 2.53. The van der Waals surface area contributed by atoms with Crippen LogP contribution < -0.4 is 5.32 Å². The lowest BCUT2D eigenvalue weighted by Gasteiger charge is -2.45. The fourth-order valence-electron chi connectivity index (χ4n) is 5.27. The van der Waals surface area contributed by atoms with Crippen LogP contribution >= 0.6 is 0 Å². The molecular formula is C20H32N4O4. The molecule has 0 spiro atoms. The fourth-order valence-corrected chi connectivity index (χ4v) is 5.27. The van der Waals surface area contributed by atoms with Gasteiger partial charge in [0.15, 0.2) is 5.82 Å². The number of hydrogen-bond donors (Lipinski definition) is 3. The third-order valence-electron chi connectivity index (χ3n) is 7.08. The standard InChI is InChI=1S/C20H32N4O4/c1-10(2)18-22-19(28-23-18)12-4-6-24(7-5-12)20(27)15-11(3)16(25)17(26)14-9-21-8-13(14)15/h10-17,21,25-26H,4-9H2,1-3H3/t11-,13+,14+,15+,16+,17+/m1/s1. The fraction of sp³-hybridized carbons (Fsp3) is 0.850. The molecule has 2 saturated heterocycles. The number of amides is 1. The number of rotatable bonds is 3. The van der Waals surface area contributed by atoms with Gasteiger partial charge in [0.05, 0.1) is 12.2 Å². The van der Waals surface area contributed by atoms with Crippen molar-refractivity contribution >= 4 is 5.91 Å². The van der Waals surface area contributed by atoms with Gasteiger partial charge in [-0.25, -0.2) is 0 Å². The van der Waals surface area contributed by atoms with Gasteiger partial charge in [-0.1, -0.05) is 25.9 Å². The molecule has 8 heteroatoms. The second kappa shape index (κ2) is 7.72. The number of piperidine rings is 1. The summed E-state index contributed by atoms with van der Waals surface area (Å²) in [6.45, 7) is 8.69. The Morgan fingerprint density at radius 2 is 1.86 bits per heavy atom. The first-order chi connectivity index (χ1) is 13.4. The Bertz CT molecular complexity index is 700. The van der Waals surface area contributed by atoms with Crippen molar-refractivity contribution in [1.29, 1.82) is 0 Å². The van der Waals surface area contributed by atoms with Crippen LogP contribution in [-0.2, 0) is 4.79 Å². The zero-order valence-electron chi connectivity index (χ0n) is 16.9. The van der Waals surface area contributed by atoms with E-state index < -0.39 is 12.2 Å². The van der Waals surface area contributed by atoms with Crippen LogP contribution in [0, 0.1) is 23.7 Å². The van der Waals surface area contributed by atoms with Crippen molar-refractivity contribution in [3.8, 4) is 0 Å². The molecule has 3 aliphatic rings. The minimum atomic E-state index is -0.847. The first-order valence-corrected chi connectivity index (χ1v) is 10.6. The molecule has 1 saturated carbocycles. The van der Waals surface area contributed by atoms with Crippen molar-refractivity contribution < 1.29 is 19.5 Å². The molecule has 8 nitrogen and oxygen atoms in total. The Morgan fingerprint density at radius 3 is 2.50 bits per heavy atom. The van der Waals surface area contributed by atoms with Crippen LogP contribution in [0.5, 0.6) is 0 Å². The number of aliphatic hydroxyl groups excluding tert-OH is 2. The first kappa shape index (κ1) is 19.8. The normalized spacial score (nSPS) is 36.7. The Morgan fingerprint density at radius 1 is 1.18 bits per heavy atom. The summed E-state index contributed by atoms with van der Waals surface area (Å²) in [7, 11) is 0. The van der Waals surface area contributed by atoms with E-state index in [0.717, 1.165) is 25.2 Å². The minimum absolute atomic E-state index is 0.0504. The highest BCUT2D eigenvalue weighted by Crippen LogP contribution is 2.42.